The molecule has 0 spiro atoms. The van der Waals surface area contributed by atoms with Gasteiger partial charge in [-0.05, 0) is 17.7 Å². The van der Waals surface area contributed by atoms with Gasteiger partial charge in [-0.3, -0.25) is 0 Å². The van der Waals surface area contributed by atoms with Crippen LogP contribution >= 0.6 is 0 Å². The Balaban J connectivity index is 2.89. The SMILES string of the molecule is C=C(NC)c1ccc(C(=O)OC)cc1. The number of methoxy groups -OCH3 is 1. The lowest BCUT2D eigenvalue weighted by Gasteiger charge is -2.05. The molecular weight excluding hydrogens is 178 g/mol. The average molecular weight is 191 g/mol. The van der Waals surface area contributed by atoms with Gasteiger partial charge in [0.05, 0.1) is 12.7 Å². The second-order valence-electron chi connectivity index (χ2n) is 2.80. The molecule has 0 aliphatic heterocycles. The summed E-state index contributed by atoms with van der Waals surface area (Å²) >= 11 is 0. The van der Waals surface area contributed by atoms with E-state index >= 15 is 0 Å². The number of ether oxygens (including phenoxy) is 1. The lowest BCUT2D eigenvalue weighted by Crippen LogP contribution is -2.04. The van der Waals surface area contributed by atoms with E-state index in [4.69, 9.17) is 0 Å². The maximum Gasteiger partial charge on any atom is 0.337 e. The normalized spacial score (nSPS) is 9.29. The molecule has 1 N–H and O–H groups in total. The molecule has 74 valence electrons. The van der Waals surface area contributed by atoms with Crippen molar-refractivity contribution in [2.45, 2.75) is 0 Å². The summed E-state index contributed by atoms with van der Waals surface area (Å²) in [4.78, 5) is 11.1. The third kappa shape index (κ3) is 2.13. The van der Waals surface area contributed by atoms with Crippen LogP contribution in [0.3, 0.4) is 0 Å². The van der Waals surface area contributed by atoms with Crippen molar-refractivity contribution in [1.29, 1.82) is 0 Å². The molecule has 3 nitrogen and oxygen atoms in total. The summed E-state index contributed by atoms with van der Waals surface area (Å²) in [6.45, 7) is 3.81. The largest absolute Gasteiger partial charge is 0.465 e. The summed E-state index contributed by atoms with van der Waals surface area (Å²) < 4.78 is 4.59. The third-order valence-corrected chi connectivity index (χ3v) is 1.96. The van der Waals surface area contributed by atoms with Gasteiger partial charge in [-0.2, -0.15) is 0 Å². The number of benzene rings is 1. The predicted molar refractivity (Wildman–Crippen MR) is 55.9 cm³/mol. The first-order valence-corrected chi connectivity index (χ1v) is 4.24. The van der Waals surface area contributed by atoms with Crippen molar-refractivity contribution < 1.29 is 9.53 Å². The first-order chi connectivity index (χ1) is 6.69. The van der Waals surface area contributed by atoms with Crippen LogP contribution < -0.4 is 5.32 Å². The van der Waals surface area contributed by atoms with Crippen LogP contribution in [-0.4, -0.2) is 20.1 Å². The Bertz CT molecular complexity index is 306. The first kappa shape index (κ1) is 10.3. The molecule has 0 bridgehead atoms. The van der Waals surface area contributed by atoms with Gasteiger partial charge in [-0.15, -0.1) is 0 Å². The van der Waals surface area contributed by atoms with Gasteiger partial charge in [0.2, 0.25) is 0 Å². The summed E-state index contributed by atoms with van der Waals surface area (Å²) in [6, 6.07) is 7.07. The fraction of sp³-hybridized carbons (Fsp3) is 0.182. The van der Waals surface area contributed by atoms with Crippen LogP contribution in [-0.2, 0) is 4.74 Å². The molecule has 14 heavy (non-hydrogen) atoms. The van der Waals surface area contributed by atoms with Gasteiger partial charge < -0.3 is 10.1 Å². The van der Waals surface area contributed by atoms with E-state index in [2.05, 4.69) is 16.6 Å². The standard InChI is InChI=1S/C11H13NO2/c1-8(12-2)9-4-6-10(7-5-9)11(13)14-3/h4-7,12H,1H2,2-3H3. The lowest BCUT2D eigenvalue weighted by molar-refractivity contribution is 0.0601. The molecule has 0 aliphatic carbocycles. The Kier molecular flexibility index (Phi) is 3.29. The van der Waals surface area contributed by atoms with Gasteiger partial charge in [-0.1, -0.05) is 18.7 Å². The molecule has 0 aliphatic rings. The van der Waals surface area contributed by atoms with E-state index in [9.17, 15) is 4.79 Å². The highest BCUT2D eigenvalue weighted by Crippen LogP contribution is 2.10. The maximum absolute atomic E-state index is 11.1. The van der Waals surface area contributed by atoms with Gasteiger partial charge in [0.15, 0.2) is 0 Å². The van der Waals surface area contributed by atoms with Crippen LogP contribution in [0.25, 0.3) is 5.70 Å². The van der Waals surface area contributed by atoms with Crippen molar-refractivity contribution in [3.05, 3.63) is 42.0 Å². The second-order valence-corrected chi connectivity index (χ2v) is 2.80. The van der Waals surface area contributed by atoms with E-state index in [0.29, 0.717) is 5.56 Å². The molecule has 1 rings (SSSR count). The molecule has 0 atom stereocenters. The zero-order valence-electron chi connectivity index (χ0n) is 8.33. The molecule has 0 aromatic heterocycles. The monoisotopic (exact) mass is 191 g/mol. The number of rotatable bonds is 3. The van der Waals surface area contributed by atoms with Crippen molar-refractivity contribution in [2.24, 2.45) is 0 Å². The summed E-state index contributed by atoms with van der Waals surface area (Å²) in [5, 5.41) is 2.93. The highest BCUT2D eigenvalue weighted by atomic mass is 16.5. The number of hydrogen-bond acceptors (Lipinski definition) is 3. The topological polar surface area (TPSA) is 38.3 Å². The molecule has 1 aromatic carbocycles. The van der Waals surface area contributed by atoms with Crippen LogP contribution in [0.1, 0.15) is 15.9 Å². The van der Waals surface area contributed by atoms with Crippen molar-refractivity contribution in [3.8, 4) is 0 Å². The van der Waals surface area contributed by atoms with Gasteiger partial charge >= 0.3 is 5.97 Å². The summed E-state index contributed by atoms with van der Waals surface area (Å²) in [5.41, 5.74) is 2.32. The van der Waals surface area contributed by atoms with Crippen molar-refractivity contribution in [1.82, 2.24) is 5.32 Å². The van der Waals surface area contributed by atoms with Crippen molar-refractivity contribution in [3.63, 3.8) is 0 Å². The predicted octanol–water partition coefficient (Wildman–Crippen LogP) is 1.66. The smallest absolute Gasteiger partial charge is 0.337 e. The van der Waals surface area contributed by atoms with E-state index in [1.165, 1.54) is 7.11 Å². The van der Waals surface area contributed by atoms with E-state index in [1.54, 1.807) is 19.2 Å². The number of nitrogens with one attached hydrogen (secondary N) is 1. The van der Waals surface area contributed by atoms with Crippen LogP contribution in [0.15, 0.2) is 30.8 Å². The highest BCUT2D eigenvalue weighted by molar-refractivity contribution is 5.89. The lowest BCUT2D eigenvalue weighted by atomic mass is 10.1. The van der Waals surface area contributed by atoms with Crippen molar-refractivity contribution >= 4 is 11.7 Å². The van der Waals surface area contributed by atoms with Gasteiger partial charge in [-0.25, -0.2) is 4.79 Å². The molecule has 0 saturated heterocycles. The molecule has 0 saturated carbocycles. The first-order valence-electron chi connectivity index (χ1n) is 4.24. The number of hydrogen-bond donors (Lipinski definition) is 1. The number of esters is 1. The third-order valence-electron chi connectivity index (χ3n) is 1.96. The van der Waals surface area contributed by atoms with Crippen LogP contribution in [0, 0.1) is 0 Å². The zero-order valence-corrected chi connectivity index (χ0v) is 8.33. The van der Waals surface area contributed by atoms with Gasteiger partial charge in [0.25, 0.3) is 0 Å². The van der Waals surface area contributed by atoms with Gasteiger partial charge in [0.1, 0.15) is 0 Å². The molecule has 1 aromatic rings. The van der Waals surface area contributed by atoms with Crippen LogP contribution in [0.2, 0.25) is 0 Å². The highest BCUT2D eigenvalue weighted by Gasteiger charge is 2.04. The molecule has 0 unspecified atom stereocenters. The Morgan fingerprint density at radius 1 is 1.29 bits per heavy atom. The second kappa shape index (κ2) is 4.46. The van der Waals surface area contributed by atoms with E-state index in [0.717, 1.165) is 11.3 Å². The minimum Gasteiger partial charge on any atom is -0.465 e. The van der Waals surface area contributed by atoms with E-state index in [-0.39, 0.29) is 5.97 Å². The van der Waals surface area contributed by atoms with E-state index in [1.807, 2.05) is 12.1 Å². The molecular formula is C11H13NO2. The Morgan fingerprint density at radius 2 is 1.79 bits per heavy atom. The van der Waals surface area contributed by atoms with E-state index < -0.39 is 0 Å². The zero-order chi connectivity index (χ0) is 10.6. The van der Waals surface area contributed by atoms with Crippen molar-refractivity contribution in [2.75, 3.05) is 14.2 Å². The molecule has 0 radical (unpaired) electrons. The molecule has 0 fully saturated rings. The fourth-order valence-electron chi connectivity index (χ4n) is 1.07. The Hall–Kier alpha value is -1.77. The van der Waals surface area contributed by atoms with Crippen LogP contribution in [0.5, 0.6) is 0 Å². The van der Waals surface area contributed by atoms with Gasteiger partial charge in [0, 0.05) is 12.7 Å². The minimum absolute atomic E-state index is 0.327. The summed E-state index contributed by atoms with van der Waals surface area (Å²) in [7, 11) is 3.17. The molecule has 0 amide bonds. The summed E-state index contributed by atoms with van der Waals surface area (Å²) in [5.74, 6) is -0.327. The Labute approximate surface area is 83.4 Å². The quantitative estimate of drug-likeness (QED) is 0.738. The number of carbonyl (C=O) groups is 1. The molecule has 3 heteroatoms. The molecule has 0 heterocycles. The average Bonchev–Trinajstić information content (AvgIpc) is 2.27. The van der Waals surface area contributed by atoms with Crippen LogP contribution in [0.4, 0.5) is 0 Å². The fourth-order valence-corrected chi connectivity index (χ4v) is 1.07. The minimum atomic E-state index is -0.327. The maximum atomic E-state index is 11.1. The number of carbonyl (C=O) groups excluding carboxylic acids is 1. The Morgan fingerprint density at radius 3 is 2.21 bits per heavy atom. The summed E-state index contributed by atoms with van der Waals surface area (Å²) in [6.07, 6.45) is 0.